The molecule has 2 N–H and O–H groups in total. The van der Waals surface area contributed by atoms with Crippen LogP contribution in [0.2, 0.25) is 0 Å². The van der Waals surface area contributed by atoms with Gasteiger partial charge in [-0.15, -0.1) is 0 Å². The summed E-state index contributed by atoms with van der Waals surface area (Å²) >= 11 is 0. The van der Waals surface area contributed by atoms with Gasteiger partial charge in [-0.3, -0.25) is 14.4 Å². The van der Waals surface area contributed by atoms with E-state index >= 15 is 0 Å². The topological polar surface area (TPSA) is 84.5 Å². The molecule has 0 aliphatic heterocycles. The molecule has 1 atom stereocenters. The smallest absolute Gasteiger partial charge is 0.325 e. The van der Waals surface area contributed by atoms with E-state index in [9.17, 15) is 14.4 Å². The van der Waals surface area contributed by atoms with Gasteiger partial charge in [0.25, 0.3) is 5.91 Å². The molecule has 0 aromatic heterocycles. The highest BCUT2D eigenvalue weighted by Gasteiger charge is 2.26. The number of ether oxygens (including phenoxy) is 1. The molecule has 0 heterocycles. The molecule has 6 nitrogen and oxygen atoms in total. The second-order valence-corrected chi connectivity index (χ2v) is 6.47. The Morgan fingerprint density at radius 2 is 1.93 bits per heavy atom. The summed E-state index contributed by atoms with van der Waals surface area (Å²) in [5.74, 6) is -1.19. The Bertz CT molecular complexity index is 863. The normalized spacial score (nSPS) is 15.4. The average Bonchev–Trinajstić information content (AvgIpc) is 2.71. The molecule has 1 aliphatic rings. The van der Waals surface area contributed by atoms with Crippen LogP contribution in [0.3, 0.4) is 0 Å². The quantitative estimate of drug-likeness (QED) is 0.797. The van der Waals surface area contributed by atoms with Crippen LogP contribution >= 0.6 is 0 Å². The van der Waals surface area contributed by atoms with E-state index in [-0.39, 0.29) is 18.4 Å². The molecule has 3 rings (SSSR count). The van der Waals surface area contributed by atoms with Crippen molar-refractivity contribution in [1.29, 1.82) is 0 Å². The first-order chi connectivity index (χ1) is 13.1. The van der Waals surface area contributed by atoms with Crippen LogP contribution in [-0.2, 0) is 20.7 Å². The highest BCUT2D eigenvalue weighted by Crippen LogP contribution is 2.32. The zero-order chi connectivity index (χ0) is 19.2. The van der Waals surface area contributed by atoms with Crippen LogP contribution in [0, 0.1) is 0 Å². The van der Waals surface area contributed by atoms with Gasteiger partial charge >= 0.3 is 5.97 Å². The first kappa shape index (κ1) is 18.6. The maximum atomic E-state index is 12.8. The third-order valence-corrected chi connectivity index (χ3v) is 4.70. The van der Waals surface area contributed by atoms with Crippen molar-refractivity contribution >= 4 is 23.5 Å². The van der Waals surface area contributed by atoms with Crippen molar-refractivity contribution in [3.8, 4) is 0 Å². The van der Waals surface area contributed by atoms with E-state index in [0.29, 0.717) is 11.3 Å². The Hall–Kier alpha value is -3.15. The first-order valence-corrected chi connectivity index (χ1v) is 8.92. The Kier molecular flexibility index (Phi) is 5.86. The summed E-state index contributed by atoms with van der Waals surface area (Å²) in [5, 5.41) is 5.39. The van der Waals surface area contributed by atoms with Crippen molar-refractivity contribution in [1.82, 2.24) is 5.32 Å². The predicted molar refractivity (Wildman–Crippen MR) is 102 cm³/mol. The van der Waals surface area contributed by atoms with Crippen molar-refractivity contribution in [2.24, 2.45) is 0 Å². The van der Waals surface area contributed by atoms with E-state index < -0.39 is 11.9 Å². The van der Waals surface area contributed by atoms with E-state index in [1.165, 1.54) is 12.7 Å². The van der Waals surface area contributed by atoms with Crippen molar-refractivity contribution in [2.45, 2.75) is 25.2 Å². The summed E-state index contributed by atoms with van der Waals surface area (Å²) in [6, 6.07) is 14.7. The minimum atomic E-state index is -0.524. The molecule has 0 saturated heterocycles. The number of aryl methyl sites for hydroxylation is 1. The van der Waals surface area contributed by atoms with Gasteiger partial charge in [-0.1, -0.05) is 30.3 Å². The standard InChI is InChI=1S/C21H22N2O4/c1-27-19(24)13-22-20(25)15-8-4-9-16(12-15)23-21(26)18-11-5-7-14-6-2-3-10-17(14)18/h2-4,6,8-10,12,18H,5,7,11,13H2,1H3,(H,22,25)(H,23,26). The van der Waals surface area contributed by atoms with Gasteiger partial charge in [0.2, 0.25) is 5.91 Å². The minimum Gasteiger partial charge on any atom is -0.468 e. The summed E-state index contributed by atoms with van der Waals surface area (Å²) in [4.78, 5) is 36.1. The number of nitrogens with one attached hydrogen (secondary N) is 2. The monoisotopic (exact) mass is 366 g/mol. The third-order valence-electron chi connectivity index (χ3n) is 4.70. The van der Waals surface area contributed by atoms with E-state index in [2.05, 4.69) is 21.4 Å². The van der Waals surface area contributed by atoms with Crippen LogP contribution in [0.15, 0.2) is 48.5 Å². The van der Waals surface area contributed by atoms with Gasteiger partial charge in [-0.05, 0) is 48.6 Å². The summed E-state index contributed by atoms with van der Waals surface area (Å²) in [7, 11) is 1.26. The number of carbonyl (C=O) groups is 3. The third kappa shape index (κ3) is 4.53. The lowest BCUT2D eigenvalue weighted by molar-refractivity contribution is -0.139. The number of benzene rings is 2. The van der Waals surface area contributed by atoms with Gasteiger partial charge < -0.3 is 15.4 Å². The molecule has 0 radical (unpaired) electrons. The van der Waals surface area contributed by atoms with Crippen LogP contribution in [-0.4, -0.2) is 31.4 Å². The molecular weight excluding hydrogens is 344 g/mol. The summed E-state index contributed by atoms with van der Waals surface area (Å²) in [5.41, 5.74) is 3.21. The molecule has 0 saturated carbocycles. The number of esters is 1. The Morgan fingerprint density at radius 1 is 1.11 bits per heavy atom. The van der Waals surface area contributed by atoms with Crippen molar-refractivity contribution < 1.29 is 19.1 Å². The number of anilines is 1. The molecule has 2 aromatic rings. The molecule has 1 unspecified atom stereocenters. The number of methoxy groups -OCH3 is 1. The molecule has 1 aliphatic carbocycles. The zero-order valence-corrected chi connectivity index (χ0v) is 15.2. The lowest BCUT2D eigenvalue weighted by Gasteiger charge is -2.24. The van der Waals surface area contributed by atoms with Gasteiger partial charge in [-0.25, -0.2) is 0 Å². The van der Waals surface area contributed by atoms with E-state index in [4.69, 9.17) is 0 Å². The molecule has 2 aromatic carbocycles. The van der Waals surface area contributed by atoms with E-state index in [1.54, 1.807) is 24.3 Å². The number of hydrogen-bond donors (Lipinski definition) is 2. The van der Waals surface area contributed by atoms with Crippen LogP contribution in [0.4, 0.5) is 5.69 Å². The molecule has 0 bridgehead atoms. The average molecular weight is 366 g/mol. The van der Waals surface area contributed by atoms with Gasteiger partial charge in [0.1, 0.15) is 6.54 Å². The predicted octanol–water partition coefficient (Wildman–Crippen LogP) is 2.65. The fourth-order valence-corrected chi connectivity index (χ4v) is 3.32. The fraction of sp³-hybridized carbons (Fsp3) is 0.286. The number of rotatable bonds is 5. The number of fused-ring (bicyclic) bond motifs is 1. The minimum absolute atomic E-state index is 0.0748. The molecular formula is C21H22N2O4. The molecule has 140 valence electrons. The number of hydrogen-bond acceptors (Lipinski definition) is 4. The Labute approximate surface area is 157 Å². The van der Waals surface area contributed by atoms with E-state index in [1.807, 2.05) is 18.2 Å². The molecule has 2 amide bonds. The SMILES string of the molecule is COC(=O)CNC(=O)c1cccc(NC(=O)C2CCCc3ccccc32)c1. The van der Waals surface area contributed by atoms with Gasteiger partial charge in [0.05, 0.1) is 13.0 Å². The fourth-order valence-electron chi connectivity index (χ4n) is 3.32. The maximum absolute atomic E-state index is 12.8. The number of carbonyl (C=O) groups excluding carboxylic acids is 3. The highest BCUT2D eigenvalue weighted by atomic mass is 16.5. The van der Waals surface area contributed by atoms with Crippen LogP contribution in [0.1, 0.15) is 40.2 Å². The Morgan fingerprint density at radius 3 is 2.74 bits per heavy atom. The number of amides is 2. The van der Waals surface area contributed by atoms with Crippen LogP contribution < -0.4 is 10.6 Å². The summed E-state index contributed by atoms with van der Waals surface area (Å²) in [6.45, 7) is -0.204. The summed E-state index contributed by atoms with van der Waals surface area (Å²) in [6.07, 6.45) is 2.78. The molecule has 6 heteroatoms. The molecule has 0 spiro atoms. The second kappa shape index (κ2) is 8.49. The van der Waals surface area contributed by atoms with Gasteiger partial charge in [-0.2, -0.15) is 0 Å². The lowest BCUT2D eigenvalue weighted by Crippen LogP contribution is -2.30. The van der Waals surface area contributed by atoms with Crippen LogP contribution in [0.25, 0.3) is 0 Å². The van der Waals surface area contributed by atoms with Gasteiger partial charge in [0, 0.05) is 11.3 Å². The molecule has 0 fully saturated rings. The highest BCUT2D eigenvalue weighted by molar-refractivity contribution is 5.99. The molecule has 27 heavy (non-hydrogen) atoms. The lowest BCUT2D eigenvalue weighted by atomic mass is 9.82. The van der Waals surface area contributed by atoms with E-state index in [0.717, 1.165) is 24.8 Å². The maximum Gasteiger partial charge on any atom is 0.325 e. The van der Waals surface area contributed by atoms with Gasteiger partial charge in [0.15, 0.2) is 0 Å². The van der Waals surface area contributed by atoms with Crippen LogP contribution in [0.5, 0.6) is 0 Å². The van der Waals surface area contributed by atoms with Crippen molar-refractivity contribution in [3.63, 3.8) is 0 Å². The second-order valence-electron chi connectivity index (χ2n) is 6.47. The van der Waals surface area contributed by atoms with Crippen molar-refractivity contribution in [2.75, 3.05) is 19.0 Å². The Balaban J connectivity index is 1.69. The zero-order valence-electron chi connectivity index (χ0n) is 15.2. The van der Waals surface area contributed by atoms with Crippen molar-refractivity contribution in [3.05, 3.63) is 65.2 Å². The summed E-state index contributed by atoms with van der Waals surface area (Å²) < 4.78 is 4.50. The largest absolute Gasteiger partial charge is 0.468 e. The first-order valence-electron chi connectivity index (χ1n) is 8.92.